The van der Waals surface area contributed by atoms with Gasteiger partial charge >= 0.3 is 12.0 Å². The minimum absolute atomic E-state index is 0.0402. The van der Waals surface area contributed by atoms with E-state index in [-0.39, 0.29) is 6.03 Å². The Morgan fingerprint density at radius 2 is 2.39 bits per heavy atom. The fourth-order valence-electron chi connectivity index (χ4n) is 1.56. The normalized spacial score (nSPS) is 16.2. The van der Waals surface area contributed by atoms with Crippen LogP contribution in [0.2, 0.25) is 0 Å². The van der Waals surface area contributed by atoms with Crippen molar-refractivity contribution in [3.63, 3.8) is 0 Å². The molecule has 1 unspecified atom stereocenters. The van der Waals surface area contributed by atoms with E-state index in [1.807, 2.05) is 0 Å². The van der Waals surface area contributed by atoms with E-state index in [4.69, 9.17) is 5.11 Å². The summed E-state index contributed by atoms with van der Waals surface area (Å²) in [5.74, 6) is 0.371. The van der Waals surface area contributed by atoms with E-state index in [0.29, 0.717) is 31.7 Å². The summed E-state index contributed by atoms with van der Waals surface area (Å²) in [5.41, 5.74) is 0. The maximum absolute atomic E-state index is 11.2. The number of rotatable bonds is 9. The summed E-state index contributed by atoms with van der Waals surface area (Å²) in [6.07, 6.45) is 0.781. The molecule has 3 N–H and O–H groups in total. The fraction of sp³-hybridized carbons (Fsp3) is 0.700. The second kappa shape index (κ2) is 7.80. The number of carboxylic acid groups (broad SMARTS) is 1. The van der Waals surface area contributed by atoms with Crippen LogP contribution < -0.4 is 10.6 Å². The number of hydrogen-bond donors (Lipinski definition) is 3. The highest BCUT2D eigenvalue weighted by Gasteiger charge is 2.19. The van der Waals surface area contributed by atoms with Crippen LogP contribution in [0, 0.1) is 0 Å². The predicted molar refractivity (Wildman–Crippen MR) is 67.5 cm³/mol. The van der Waals surface area contributed by atoms with Gasteiger partial charge in [0.05, 0.1) is 0 Å². The molecule has 0 saturated carbocycles. The molecule has 0 radical (unpaired) electrons. The Kier molecular flexibility index (Phi) is 6.34. The van der Waals surface area contributed by atoms with Crippen molar-refractivity contribution in [2.24, 2.45) is 0 Å². The number of urea groups is 1. The first-order valence-electron chi connectivity index (χ1n) is 5.68. The van der Waals surface area contributed by atoms with Crippen LogP contribution in [-0.2, 0) is 9.59 Å². The van der Waals surface area contributed by atoms with Gasteiger partial charge < -0.3 is 20.6 Å². The van der Waals surface area contributed by atoms with Crippen molar-refractivity contribution in [1.29, 1.82) is 0 Å². The van der Waals surface area contributed by atoms with Crippen LogP contribution >= 0.6 is 11.8 Å². The van der Waals surface area contributed by atoms with E-state index in [2.05, 4.69) is 10.6 Å². The third kappa shape index (κ3) is 4.82. The van der Waals surface area contributed by atoms with E-state index >= 15 is 0 Å². The molecular formula is C10H17N3O4S. The third-order valence-electron chi connectivity index (χ3n) is 2.57. The lowest BCUT2D eigenvalue weighted by Gasteiger charge is -2.14. The Morgan fingerprint density at radius 3 is 2.94 bits per heavy atom. The van der Waals surface area contributed by atoms with Crippen molar-refractivity contribution < 1.29 is 19.5 Å². The van der Waals surface area contributed by atoms with Crippen LogP contribution in [0.15, 0.2) is 0 Å². The van der Waals surface area contributed by atoms with Gasteiger partial charge in [0.25, 0.3) is 0 Å². The van der Waals surface area contributed by atoms with Crippen LogP contribution in [0.5, 0.6) is 0 Å². The zero-order chi connectivity index (χ0) is 13.4. The molecule has 0 spiro atoms. The smallest absolute Gasteiger partial charge is 0.326 e. The highest BCUT2D eigenvalue weighted by atomic mass is 32.2. The quantitative estimate of drug-likeness (QED) is 0.383. The van der Waals surface area contributed by atoms with Gasteiger partial charge in [-0.05, 0) is 12.2 Å². The standard InChI is InChI=1S/C10H17N3O4S/c14-7-12-8(9(15)16)1-5-18-6-4-13-3-2-11-10(13)17/h7-8H,1-6H2,(H,11,17)(H,12,14)(H,15,16). The lowest BCUT2D eigenvalue weighted by molar-refractivity contribution is -0.140. The van der Waals surface area contributed by atoms with E-state index in [1.54, 1.807) is 16.7 Å². The lowest BCUT2D eigenvalue weighted by atomic mass is 10.2. The molecule has 1 fully saturated rings. The molecule has 8 heteroatoms. The van der Waals surface area contributed by atoms with Gasteiger partial charge in [-0.15, -0.1) is 0 Å². The molecule has 102 valence electrons. The number of carbonyl (C=O) groups is 3. The summed E-state index contributed by atoms with van der Waals surface area (Å²) >= 11 is 1.57. The number of nitrogens with one attached hydrogen (secondary N) is 2. The van der Waals surface area contributed by atoms with Gasteiger partial charge in [-0.25, -0.2) is 9.59 Å². The second-order valence-corrected chi connectivity index (χ2v) is 5.02. The molecule has 1 atom stereocenters. The summed E-state index contributed by atoms with van der Waals surface area (Å²) in [6, 6.07) is -0.869. The predicted octanol–water partition coefficient (Wildman–Crippen LogP) is -0.666. The van der Waals surface area contributed by atoms with Gasteiger partial charge in [-0.1, -0.05) is 0 Å². The number of hydrogen-bond acceptors (Lipinski definition) is 4. The maximum Gasteiger partial charge on any atom is 0.326 e. The molecule has 7 nitrogen and oxygen atoms in total. The Balaban J connectivity index is 2.08. The molecule has 0 aromatic heterocycles. The van der Waals surface area contributed by atoms with E-state index in [0.717, 1.165) is 12.3 Å². The molecule has 0 aromatic carbocycles. The first-order chi connectivity index (χ1) is 8.65. The van der Waals surface area contributed by atoms with Crippen LogP contribution in [0.25, 0.3) is 0 Å². The molecule has 0 bridgehead atoms. The zero-order valence-electron chi connectivity index (χ0n) is 9.92. The summed E-state index contributed by atoms with van der Waals surface area (Å²) in [5, 5.41) is 13.7. The monoisotopic (exact) mass is 275 g/mol. The van der Waals surface area contributed by atoms with Crippen LogP contribution in [0.1, 0.15) is 6.42 Å². The Bertz CT molecular complexity index is 313. The number of nitrogens with zero attached hydrogens (tertiary/aromatic N) is 1. The van der Waals surface area contributed by atoms with Crippen molar-refractivity contribution >= 4 is 30.2 Å². The number of carboxylic acids is 1. The summed E-state index contributed by atoms with van der Waals surface area (Å²) in [4.78, 5) is 33.8. The Hall–Kier alpha value is -1.44. The number of aliphatic carboxylic acids is 1. The molecule has 1 aliphatic rings. The van der Waals surface area contributed by atoms with E-state index < -0.39 is 12.0 Å². The van der Waals surface area contributed by atoms with Crippen molar-refractivity contribution in [3.8, 4) is 0 Å². The SMILES string of the molecule is O=CNC(CCSCCN1CCNC1=O)C(=O)O. The van der Waals surface area contributed by atoms with Crippen molar-refractivity contribution in [1.82, 2.24) is 15.5 Å². The van der Waals surface area contributed by atoms with Gasteiger partial charge in [0.15, 0.2) is 0 Å². The van der Waals surface area contributed by atoms with Crippen molar-refractivity contribution in [2.45, 2.75) is 12.5 Å². The highest BCUT2D eigenvalue weighted by molar-refractivity contribution is 7.99. The maximum atomic E-state index is 11.2. The lowest BCUT2D eigenvalue weighted by Crippen LogP contribution is -2.36. The van der Waals surface area contributed by atoms with Gasteiger partial charge in [0, 0.05) is 25.4 Å². The first kappa shape index (κ1) is 14.6. The summed E-state index contributed by atoms with van der Waals surface area (Å²) in [7, 11) is 0. The van der Waals surface area contributed by atoms with Crippen molar-refractivity contribution in [2.75, 3.05) is 31.1 Å². The van der Waals surface area contributed by atoms with Gasteiger partial charge in [-0.3, -0.25) is 4.79 Å². The molecule has 0 aromatic rings. The number of carbonyl (C=O) groups excluding carboxylic acids is 2. The molecule has 1 heterocycles. The van der Waals surface area contributed by atoms with Crippen LogP contribution in [0.4, 0.5) is 4.79 Å². The molecule has 3 amide bonds. The average molecular weight is 275 g/mol. The third-order valence-corrected chi connectivity index (χ3v) is 3.56. The molecule has 0 aliphatic carbocycles. The van der Waals surface area contributed by atoms with Crippen LogP contribution in [-0.4, -0.2) is 65.6 Å². The van der Waals surface area contributed by atoms with Gasteiger partial charge in [0.2, 0.25) is 6.41 Å². The number of thioether (sulfide) groups is 1. The van der Waals surface area contributed by atoms with Crippen molar-refractivity contribution in [3.05, 3.63) is 0 Å². The average Bonchev–Trinajstić information content (AvgIpc) is 2.73. The number of amides is 3. The Morgan fingerprint density at radius 1 is 1.61 bits per heavy atom. The van der Waals surface area contributed by atoms with E-state index in [9.17, 15) is 14.4 Å². The second-order valence-electron chi connectivity index (χ2n) is 3.80. The van der Waals surface area contributed by atoms with E-state index in [1.165, 1.54) is 0 Å². The largest absolute Gasteiger partial charge is 0.480 e. The molecule has 1 rings (SSSR count). The molecular weight excluding hydrogens is 258 g/mol. The molecule has 1 aliphatic heterocycles. The minimum Gasteiger partial charge on any atom is -0.480 e. The van der Waals surface area contributed by atoms with Crippen LogP contribution in [0.3, 0.4) is 0 Å². The highest BCUT2D eigenvalue weighted by Crippen LogP contribution is 2.07. The molecule has 18 heavy (non-hydrogen) atoms. The van der Waals surface area contributed by atoms with Gasteiger partial charge in [0.1, 0.15) is 6.04 Å². The zero-order valence-corrected chi connectivity index (χ0v) is 10.7. The Labute approximate surface area is 109 Å². The molecule has 1 saturated heterocycles. The fourth-order valence-corrected chi connectivity index (χ4v) is 2.52. The summed E-state index contributed by atoms with van der Waals surface area (Å²) in [6.45, 7) is 2.08. The topological polar surface area (TPSA) is 98.7 Å². The first-order valence-corrected chi connectivity index (χ1v) is 6.83. The minimum atomic E-state index is -1.03. The van der Waals surface area contributed by atoms with Gasteiger partial charge in [-0.2, -0.15) is 11.8 Å². The summed E-state index contributed by atoms with van der Waals surface area (Å²) < 4.78 is 0.